The second kappa shape index (κ2) is 44.5. The average Bonchev–Trinajstić information content (AvgIpc) is 3.04. The van der Waals surface area contributed by atoms with Crippen molar-refractivity contribution in [3.63, 3.8) is 0 Å². The van der Waals surface area contributed by atoms with Gasteiger partial charge >= 0.3 is 0 Å². The predicted octanol–water partition coefficient (Wildman–Crippen LogP) is 12.4. The van der Waals surface area contributed by atoms with Crippen LogP contribution in [0.15, 0.2) is 134 Å². The van der Waals surface area contributed by atoms with Crippen LogP contribution in [0.25, 0.3) is 0 Å². The van der Waals surface area contributed by atoms with Gasteiger partial charge in [-0.3, -0.25) is 0 Å². The number of rotatable bonds is 27. The third-order valence-corrected chi connectivity index (χ3v) is 6.06. The lowest BCUT2D eigenvalue weighted by atomic mass is 10.2. The summed E-state index contributed by atoms with van der Waals surface area (Å²) in [6.45, 7) is 4.91. The van der Waals surface area contributed by atoms with Gasteiger partial charge in [0.2, 0.25) is 0 Å². The van der Waals surface area contributed by atoms with Crippen molar-refractivity contribution in [2.24, 2.45) is 0 Å². The van der Waals surface area contributed by atoms with Gasteiger partial charge in [0.25, 0.3) is 0 Å². The van der Waals surface area contributed by atoms with Gasteiger partial charge in [-0.1, -0.05) is 148 Å². The van der Waals surface area contributed by atoms with Gasteiger partial charge in [-0.25, -0.2) is 0 Å². The Morgan fingerprint density at radius 3 is 0.750 bits per heavy atom. The molecule has 0 bridgehead atoms. The molecular formula is C42H66O2. The lowest BCUT2D eigenvalue weighted by Crippen LogP contribution is -1.79. The second-order valence-corrected chi connectivity index (χ2v) is 10.2. The molecule has 0 saturated carbocycles. The highest BCUT2D eigenvalue weighted by molar-refractivity contribution is 5.02. The summed E-state index contributed by atoms with van der Waals surface area (Å²) >= 11 is 0. The van der Waals surface area contributed by atoms with Gasteiger partial charge in [-0.05, 0) is 103 Å². The summed E-state index contributed by atoms with van der Waals surface area (Å²) in [5.41, 5.74) is 0. The van der Waals surface area contributed by atoms with E-state index in [-0.39, 0.29) is 6.61 Å². The van der Waals surface area contributed by atoms with Gasteiger partial charge in [0.05, 0.1) is 0 Å². The van der Waals surface area contributed by atoms with Crippen molar-refractivity contribution in [3.05, 3.63) is 134 Å². The van der Waals surface area contributed by atoms with Crippen molar-refractivity contribution >= 4 is 0 Å². The Kier molecular flexibility index (Phi) is 43.7. The van der Waals surface area contributed by atoms with E-state index in [9.17, 15) is 0 Å². The Bertz CT molecular complexity index is 871. The van der Waals surface area contributed by atoms with E-state index in [2.05, 4.69) is 148 Å². The SMILES string of the molecule is CC/C=C\C/C=C\C/C=C\C/C=C\C/C=C\C/C=C\CCCO.CC/C=C\C/C=C\C/C=C\C/C=C\C/C=C\CCCCO. The number of allylic oxidation sites excluding steroid dienone is 22. The molecule has 0 aromatic carbocycles. The third kappa shape index (κ3) is 46.0. The van der Waals surface area contributed by atoms with Crippen molar-refractivity contribution in [2.45, 2.75) is 117 Å². The lowest BCUT2D eigenvalue weighted by molar-refractivity contribution is 0.285. The van der Waals surface area contributed by atoms with E-state index in [0.29, 0.717) is 6.61 Å². The zero-order valence-corrected chi connectivity index (χ0v) is 28.3. The van der Waals surface area contributed by atoms with Gasteiger partial charge in [-0.15, -0.1) is 0 Å². The second-order valence-electron chi connectivity index (χ2n) is 10.2. The average molecular weight is 603 g/mol. The maximum absolute atomic E-state index is 8.64. The minimum Gasteiger partial charge on any atom is -0.396 e. The monoisotopic (exact) mass is 603 g/mol. The van der Waals surface area contributed by atoms with Crippen molar-refractivity contribution in [2.75, 3.05) is 13.2 Å². The van der Waals surface area contributed by atoms with E-state index in [1.165, 1.54) is 0 Å². The first kappa shape index (κ1) is 43.2. The minimum atomic E-state index is 0.284. The van der Waals surface area contributed by atoms with E-state index in [0.717, 1.165) is 103 Å². The molecule has 2 heteroatoms. The zero-order valence-electron chi connectivity index (χ0n) is 28.3. The topological polar surface area (TPSA) is 40.5 Å². The molecule has 0 spiro atoms. The molecule has 0 atom stereocenters. The van der Waals surface area contributed by atoms with Crippen LogP contribution in [0.1, 0.15) is 117 Å². The standard InChI is InChI=1S/C22H34O.C20H32O/c1-2-3-4-5-6-7-8-9-10-11-12-13-14-15-16-17-18-19-20-21-22-23;1-2-3-4-5-6-7-8-9-10-11-12-13-14-15-16-17-18-19-20-21/h3-4,6-7,9-10,12-13,15-16,18-19,23H,2,5,8,11,14,17,20-22H2,1H3;3-4,6-7,9-10,12-13,15-16,21H,2,5,8,11,14,17-20H2,1H3/b4-3-,7-6-,10-9-,13-12-,16-15-,19-18-;4-3-,7-6-,10-9-,13-12-,16-15-. The summed E-state index contributed by atoms with van der Waals surface area (Å²) in [5.74, 6) is 0. The highest BCUT2D eigenvalue weighted by Gasteiger charge is 1.82. The Balaban J connectivity index is 0. The van der Waals surface area contributed by atoms with E-state index in [4.69, 9.17) is 10.2 Å². The minimum absolute atomic E-state index is 0.284. The van der Waals surface area contributed by atoms with Crippen LogP contribution in [-0.4, -0.2) is 23.4 Å². The van der Waals surface area contributed by atoms with E-state index < -0.39 is 0 Å². The normalized spacial score (nSPS) is 13.2. The molecule has 2 N–H and O–H groups in total. The van der Waals surface area contributed by atoms with Crippen LogP contribution >= 0.6 is 0 Å². The van der Waals surface area contributed by atoms with Crippen LogP contribution in [0.3, 0.4) is 0 Å². The molecule has 0 aliphatic rings. The highest BCUT2D eigenvalue weighted by atomic mass is 16.3. The number of hydrogen-bond donors (Lipinski definition) is 2. The fourth-order valence-corrected chi connectivity index (χ4v) is 3.59. The summed E-state index contributed by atoms with van der Waals surface area (Å²) in [7, 11) is 0. The predicted molar refractivity (Wildman–Crippen MR) is 200 cm³/mol. The Morgan fingerprint density at radius 1 is 0.273 bits per heavy atom. The third-order valence-electron chi connectivity index (χ3n) is 6.06. The van der Waals surface area contributed by atoms with Gasteiger partial charge in [0, 0.05) is 13.2 Å². The zero-order chi connectivity index (χ0) is 32.3. The molecule has 0 heterocycles. The fourth-order valence-electron chi connectivity index (χ4n) is 3.59. The van der Waals surface area contributed by atoms with Crippen LogP contribution in [0.4, 0.5) is 0 Å². The molecule has 0 aromatic rings. The van der Waals surface area contributed by atoms with Gasteiger partial charge in [-0.2, -0.15) is 0 Å². The molecule has 2 nitrogen and oxygen atoms in total. The molecule has 0 radical (unpaired) electrons. The summed E-state index contributed by atoms with van der Waals surface area (Å²) < 4.78 is 0. The molecular weight excluding hydrogens is 536 g/mol. The van der Waals surface area contributed by atoms with E-state index in [1.807, 2.05) is 0 Å². The van der Waals surface area contributed by atoms with Gasteiger partial charge < -0.3 is 10.2 Å². The van der Waals surface area contributed by atoms with Crippen molar-refractivity contribution in [1.82, 2.24) is 0 Å². The molecule has 0 unspecified atom stereocenters. The van der Waals surface area contributed by atoms with Gasteiger partial charge in [0.15, 0.2) is 0 Å². The van der Waals surface area contributed by atoms with Crippen molar-refractivity contribution < 1.29 is 10.2 Å². The summed E-state index contributed by atoms with van der Waals surface area (Å²) in [4.78, 5) is 0. The van der Waals surface area contributed by atoms with Crippen molar-refractivity contribution in [1.29, 1.82) is 0 Å². The Morgan fingerprint density at radius 2 is 0.500 bits per heavy atom. The van der Waals surface area contributed by atoms with Crippen LogP contribution in [0.2, 0.25) is 0 Å². The van der Waals surface area contributed by atoms with Gasteiger partial charge in [0.1, 0.15) is 0 Å². The fraction of sp³-hybridized carbons (Fsp3) is 0.476. The number of unbranched alkanes of at least 4 members (excludes halogenated alkanes) is 3. The summed E-state index contributed by atoms with van der Waals surface area (Å²) in [6, 6.07) is 0. The molecule has 44 heavy (non-hydrogen) atoms. The molecule has 0 rings (SSSR count). The van der Waals surface area contributed by atoms with E-state index in [1.54, 1.807) is 0 Å². The first-order chi connectivity index (χ1) is 21.8. The molecule has 246 valence electrons. The molecule has 0 amide bonds. The number of aliphatic hydroxyl groups is 2. The molecule has 0 aliphatic carbocycles. The van der Waals surface area contributed by atoms with E-state index >= 15 is 0 Å². The largest absolute Gasteiger partial charge is 0.396 e. The maximum atomic E-state index is 8.64. The first-order valence-electron chi connectivity index (χ1n) is 17.2. The number of aliphatic hydroxyl groups excluding tert-OH is 2. The highest BCUT2D eigenvalue weighted by Crippen LogP contribution is 1.99. The molecule has 0 aliphatic heterocycles. The van der Waals surface area contributed by atoms with Crippen LogP contribution in [0, 0.1) is 0 Å². The molecule has 0 saturated heterocycles. The molecule has 0 aromatic heterocycles. The first-order valence-corrected chi connectivity index (χ1v) is 17.2. The Hall–Kier alpha value is -2.94. The van der Waals surface area contributed by atoms with Crippen LogP contribution in [-0.2, 0) is 0 Å². The summed E-state index contributed by atoms with van der Waals surface area (Å²) in [5, 5.41) is 17.3. The maximum Gasteiger partial charge on any atom is 0.0433 e. The van der Waals surface area contributed by atoms with Crippen molar-refractivity contribution in [3.8, 4) is 0 Å². The molecule has 0 fully saturated rings. The smallest absolute Gasteiger partial charge is 0.0433 e. The van der Waals surface area contributed by atoms with Crippen LogP contribution in [0.5, 0.6) is 0 Å². The number of hydrogen-bond acceptors (Lipinski definition) is 2. The Labute approximate surface area is 273 Å². The van der Waals surface area contributed by atoms with Crippen LogP contribution < -0.4 is 0 Å². The quantitative estimate of drug-likeness (QED) is 0.0725. The lowest BCUT2D eigenvalue weighted by Gasteiger charge is -1.90. The summed E-state index contributed by atoms with van der Waals surface area (Å²) in [6.07, 6.45) is 64.8.